The Bertz CT molecular complexity index is 1140. The monoisotopic (exact) mass is 393 g/mol. The average molecular weight is 393 g/mol. The normalized spacial score (nSPS) is 11.4. The molecule has 1 heterocycles. The number of nitro groups is 1. The Labute approximate surface area is 168 Å². The molecule has 2 aromatic carbocycles. The second-order valence-corrected chi connectivity index (χ2v) is 8.08. The van der Waals surface area contributed by atoms with E-state index in [-0.39, 0.29) is 23.7 Å². The molecule has 0 aliphatic rings. The number of hydrogen-bond acceptors (Lipinski definition) is 4. The number of fused-ring (bicyclic) bond motifs is 1. The molecule has 0 bridgehead atoms. The summed E-state index contributed by atoms with van der Waals surface area (Å²) in [6.45, 7) is 7.75. The van der Waals surface area contributed by atoms with Crippen LogP contribution in [-0.2, 0) is 6.54 Å². The van der Waals surface area contributed by atoms with E-state index in [1.54, 1.807) is 4.90 Å². The largest absolute Gasteiger partial charge is 0.329 e. The third-order valence-corrected chi connectivity index (χ3v) is 4.79. The summed E-state index contributed by atoms with van der Waals surface area (Å²) in [5, 5.41) is 11.8. The molecule has 0 saturated carbocycles. The van der Waals surface area contributed by atoms with Crippen LogP contribution in [0.4, 0.5) is 5.69 Å². The molecule has 0 atom stereocenters. The van der Waals surface area contributed by atoms with E-state index in [4.69, 9.17) is 0 Å². The van der Waals surface area contributed by atoms with Crippen molar-refractivity contribution >= 4 is 22.5 Å². The van der Waals surface area contributed by atoms with E-state index >= 15 is 0 Å². The molecule has 0 saturated heterocycles. The Kier molecular flexibility index (Phi) is 5.24. The maximum absolute atomic E-state index is 13.1. The van der Waals surface area contributed by atoms with Crippen LogP contribution in [0.1, 0.15) is 42.3 Å². The minimum absolute atomic E-state index is 0.0785. The third-order valence-electron chi connectivity index (χ3n) is 4.79. The van der Waals surface area contributed by atoms with Crippen LogP contribution in [0.25, 0.3) is 10.9 Å². The lowest BCUT2D eigenvalue weighted by molar-refractivity contribution is -0.384. The average Bonchev–Trinajstić information content (AvgIpc) is 2.65. The minimum atomic E-state index is -0.563. The first-order chi connectivity index (χ1) is 13.6. The highest BCUT2D eigenvalue weighted by atomic mass is 16.6. The van der Waals surface area contributed by atoms with Gasteiger partial charge in [-0.25, -0.2) is 0 Å². The summed E-state index contributed by atoms with van der Waals surface area (Å²) in [5.74, 6) is -0.295. The Morgan fingerprint density at radius 1 is 1.10 bits per heavy atom. The van der Waals surface area contributed by atoms with Gasteiger partial charge in [-0.15, -0.1) is 0 Å². The molecule has 0 aliphatic carbocycles. The highest BCUT2D eigenvalue weighted by Crippen LogP contribution is 2.22. The van der Waals surface area contributed by atoms with E-state index in [1.165, 1.54) is 24.3 Å². The molecule has 1 N–H and O–H groups in total. The molecular formula is C22H23N3O4. The first-order valence-electron chi connectivity index (χ1n) is 9.25. The molecular weight excluding hydrogens is 370 g/mol. The zero-order valence-corrected chi connectivity index (χ0v) is 16.9. The quantitative estimate of drug-likeness (QED) is 0.531. The van der Waals surface area contributed by atoms with Gasteiger partial charge in [0.05, 0.1) is 11.5 Å². The second-order valence-electron chi connectivity index (χ2n) is 8.08. The summed E-state index contributed by atoms with van der Waals surface area (Å²) in [6.07, 6.45) is 0. The van der Waals surface area contributed by atoms with Crippen LogP contribution in [0.15, 0.2) is 53.3 Å². The van der Waals surface area contributed by atoms with Crippen molar-refractivity contribution in [1.29, 1.82) is 0 Å². The Morgan fingerprint density at radius 2 is 1.76 bits per heavy atom. The maximum atomic E-state index is 13.1. The van der Waals surface area contributed by atoms with Crippen LogP contribution in [0, 0.1) is 17.0 Å². The van der Waals surface area contributed by atoms with Crippen LogP contribution in [0.5, 0.6) is 0 Å². The van der Waals surface area contributed by atoms with Gasteiger partial charge >= 0.3 is 0 Å². The lowest BCUT2D eigenvalue weighted by atomic mass is 10.0. The van der Waals surface area contributed by atoms with Gasteiger partial charge < -0.3 is 9.88 Å². The van der Waals surface area contributed by atoms with Crippen LogP contribution in [-0.4, -0.2) is 26.3 Å². The van der Waals surface area contributed by atoms with Crippen molar-refractivity contribution in [3.63, 3.8) is 0 Å². The predicted octanol–water partition coefficient (Wildman–Crippen LogP) is 4.19. The van der Waals surface area contributed by atoms with Crippen molar-refractivity contribution in [3.8, 4) is 0 Å². The number of carbonyl (C=O) groups is 1. The smallest absolute Gasteiger partial charge is 0.269 e. The van der Waals surface area contributed by atoms with Crippen LogP contribution in [0.2, 0.25) is 0 Å². The Balaban J connectivity index is 1.99. The van der Waals surface area contributed by atoms with Crippen molar-refractivity contribution in [2.45, 2.75) is 39.8 Å². The van der Waals surface area contributed by atoms with Gasteiger partial charge in [-0.3, -0.25) is 19.7 Å². The van der Waals surface area contributed by atoms with Crippen molar-refractivity contribution in [3.05, 3.63) is 85.7 Å². The zero-order valence-electron chi connectivity index (χ0n) is 16.9. The molecule has 29 heavy (non-hydrogen) atoms. The number of hydrogen-bond donors (Lipinski definition) is 1. The summed E-state index contributed by atoms with van der Waals surface area (Å²) in [4.78, 5) is 40.6. The summed E-state index contributed by atoms with van der Waals surface area (Å²) in [6, 6.07) is 13.1. The maximum Gasteiger partial charge on any atom is 0.269 e. The predicted molar refractivity (Wildman–Crippen MR) is 112 cm³/mol. The fourth-order valence-electron chi connectivity index (χ4n) is 3.15. The van der Waals surface area contributed by atoms with E-state index < -0.39 is 10.5 Å². The van der Waals surface area contributed by atoms with Crippen LogP contribution >= 0.6 is 0 Å². The molecule has 1 aromatic heterocycles. The number of aromatic amines is 1. The Morgan fingerprint density at radius 3 is 2.34 bits per heavy atom. The molecule has 3 rings (SSSR count). The first-order valence-corrected chi connectivity index (χ1v) is 9.25. The van der Waals surface area contributed by atoms with E-state index in [0.29, 0.717) is 11.1 Å². The van der Waals surface area contributed by atoms with E-state index in [0.717, 1.165) is 16.5 Å². The van der Waals surface area contributed by atoms with Gasteiger partial charge in [0.2, 0.25) is 0 Å². The summed E-state index contributed by atoms with van der Waals surface area (Å²) >= 11 is 0. The fourth-order valence-corrected chi connectivity index (χ4v) is 3.15. The van der Waals surface area contributed by atoms with E-state index in [1.807, 2.05) is 52.0 Å². The third kappa shape index (κ3) is 4.34. The van der Waals surface area contributed by atoms with Gasteiger partial charge in [0, 0.05) is 34.3 Å². The summed E-state index contributed by atoms with van der Waals surface area (Å²) < 4.78 is 0. The van der Waals surface area contributed by atoms with Crippen molar-refractivity contribution < 1.29 is 9.72 Å². The number of aryl methyl sites for hydroxylation is 1. The van der Waals surface area contributed by atoms with Gasteiger partial charge in [0.25, 0.3) is 17.2 Å². The van der Waals surface area contributed by atoms with Gasteiger partial charge in [0.1, 0.15) is 0 Å². The van der Waals surface area contributed by atoms with Gasteiger partial charge in [-0.05, 0) is 63.4 Å². The minimum Gasteiger partial charge on any atom is -0.329 e. The fraction of sp³-hybridized carbons (Fsp3) is 0.273. The molecule has 0 aliphatic heterocycles. The molecule has 1 amide bonds. The second kappa shape index (κ2) is 7.50. The highest BCUT2D eigenvalue weighted by Gasteiger charge is 2.28. The number of amides is 1. The number of aromatic nitrogens is 1. The number of rotatable bonds is 4. The highest BCUT2D eigenvalue weighted by molar-refractivity contribution is 5.95. The standard InChI is InChI=1S/C22H23N3O4/c1-14-5-10-19-16(11-14)12-17(20(26)23-19)13-24(22(2,3)4)21(27)15-6-8-18(9-7-15)25(28)29/h5-12H,13H2,1-4H3,(H,23,26). The molecule has 0 spiro atoms. The number of H-pyrrole nitrogens is 1. The molecule has 0 unspecified atom stereocenters. The molecule has 3 aromatic rings. The lowest BCUT2D eigenvalue weighted by Gasteiger charge is -2.35. The van der Waals surface area contributed by atoms with Gasteiger partial charge in [-0.1, -0.05) is 11.6 Å². The SMILES string of the molecule is Cc1ccc2[nH]c(=O)c(CN(C(=O)c3ccc([N+](=O)[O-])cc3)C(C)(C)C)cc2c1. The zero-order chi connectivity index (χ0) is 21.3. The number of nitrogens with zero attached hydrogens (tertiary/aromatic N) is 2. The number of non-ortho nitro benzene ring substituents is 1. The topological polar surface area (TPSA) is 96.3 Å². The van der Waals surface area contributed by atoms with Crippen molar-refractivity contribution in [2.75, 3.05) is 0 Å². The van der Waals surface area contributed by atoms with E-state index in [2.05, 4.69) is 4.98 Å². The number of nitrogens with one attached hydrogen (secondary N) is 1. The summed E-state index contributed by atoms with van der Waals surface area (Å²) in [5.41, 5.74) is 1.75. The van der Waals surface area contributed by atoms with Crippen LogP contribution in [0.3, 0.4) is 0 Å². The van der Waals surface area contributed by atoms with Crippen LogP contribution < -0.4 is 5.56 Å². The molecule has 0 fully saturated rings. The number of pyridine rings is 1. The number of benzene rings is 2. The first kappa shape index (κ1) is 20.3. The molecule has 150 valence electrons. The molecule has 0 radical (unpaired) electrons. The lowest BCUT2D eigenvalue weighted by Crippen LogP contribution is -2.46. The summed E-state index contributed by atoms with van der Waals surface area (Å²) in [7, 11) is 0. The van der Waals surface area contributed by atoms with Crippen molar-refractivity contribution in [2.24, 2.45) is 0 Å². The van der Waals surface area contributed by atoms with Crippen molar-refractivity contribution in [1.82, 2.24) is 9.88 Å². The van der Waals surface area contributed by atoms with E-state index in [9.17, 15) is 19.7 Å². The number of nitro benzene ring substituents is 1. The Hall–Kier alpha value is -3.48. The van der Waals surface area contributed by atoms with Gasteiger partial charge in [-0.2, -0.15) is 0 Å². The number of carbonyl (C=O) groups excluding carboxylic acids is 1. The molecule has 7 nitrogen and oxygen atoms in total. The van der Waals surface area contributed by atoms with Gasteiger partial charge in [0.15, 0.2) is 0 Å². The molecule has 7 heteroatoms.